The zero-order valence-corrected chi connectivity index (χ0v) is 23.3. The molecule has 11 nitrogen and oxygen atoms in total. The smallest absolute Gasteiger partial charge is 0.246 e. The maximum absolute atomic E-state index is 12.9. The molecule has 0 radical (unpaired) electrons. The van der Waals surface area contributed by atoms with Crippen LogP contribution in [0.15, 0.2) is 73.7 Å². The molecule has 41 heavy (non-hydrogen) atoms. The number of hydrogen-bond acceptors (Lipinski definition) is 9. The molecule has 0 bridgehead atoms. The molecule has 0 saturated heterocycles. The number of carbonyl (C=O) groups is 2. The average molecular weight is 577 g/mol. The number of aromatic nitrogens is 3. The summed E-state index contributed by atoms with van der Waals surface area (Å²) in [5.74, 6) is 0.452. The van der Waals surface area contributed by atoms with E-state index in [1.165, 1.54) is 6.33 Å². The molecule has 0 fully saturated rings. The highest BCUT2D eigenvalue weighted by Crippen LogP contribution is 2.35. The van der Waals surface area contributed by atoms with Crippen LogP contribution in [0.2, 0.25) is 5.02 Å². The quantitative estimate of drug-likeness (QED) is 0.153. The maximum Gasteiger partial charge on any atom is 0.246 e. The molecular weight excluding hydrogens is 548 g/mol. The van der Waals surface area contributed by atoms with E-state index in [1.54, 1.807) is 44.5 Å². The summed E-state index contributed by atoms with van der Waals surface area (Å²) < 4.78 is 16.7. The van der Waals surface area contributed by atoms with Crippen LogP contribution in [0.1, 0.15) is 12.6 Å². The summed E-state index contributed by atoms with van der Waals surface area (Å²) in [4.78, 5) is 37.5. The van der Waals surface area contributed by atoms with Gasteiger partial charge in [0.1, 0.15) is 42.9 Å². The molecule has 2 amide bonds. The molecule has 0 unspecified atom stereocenters. The van der Waals surface area contributed by atoms with Crippen LogP contribution in [-0.4, -0.2) is 53.1 Å². The Bertz CT molecular complexity index is 1540. The Morgan fingerprint density at radius 1 is 1.05 bits per heavy atom. The summed E-state index contributed by atoms with van der Waals surface area (Å²) in [5.41, 5.74) is 2.38. The minimum Gasteiger partial charge on any atom is -0.489 e. The highest BCUT2D eigenvalue weighted by atomic mass is 35.5. The fourth-order valence-electron chi connectivity index (χ4n) is 3.68. The number of nitrogens with zero attached hydrogens (tertiary/aromatic N) is 3. The summed E-state index contributed by atoms with van der Waals surface area (Å²) in [6.07, 6.45) is 4.21. The third-order valence-corrected chi connectivity index (χ3v) is 6.07. The lowest BCUT2D eigenvalue weighted by Gasteiger charge is -2.17. The molecule has 212 valence electrons. The van der Waals surface area contributed by atoms with E-state index in [-0.39, 0.29) is 13.2 Å². The van der Waals surface area contributed by atoms with Crippen LogP contribution >= 0.6 is 11.6 Å². The number of amides is 2. The molecule has 4 rings (SSSR count). The number of carbonyl (C=O) groups excluding carboxylic acids is 2. The van der Waals surface area contributed by atoms with Crippen LogP contribution in [0.5, 0.6) is 11.5 Å². The van der Waals surface area contributed by atoms with Gasteiger partial charge in [0.2, 0.25) is 11.8 Å². The van der Waals surface area contributed by atoms with Gasteiger partial charge in [0, 0.05) is 30.4 Å². The number of ether oxygens (including phenoxy) is 3. The molecule has 4 aromatic rings. The molecule has 2 heterocycles. The number of hydrogen-bond donors (Lipinski definition) is 3. The highest BCUT2D eigenvalue weighted by Gasteiger charge is 2.18. The van der Waals surface area contributed by atoms with E-state index < -0.39 is 17.9 Å². The van der Waals surface area contributed by atoms with E-state index in [2.05, 4.69) is 37.5 Å². The molecule has 0 aliphatic carbocycles. The van der Waals surface area contributed by atoms with Crippen molar-refractivity contribution >= 4 is 51.5 Å². The van der Waals surface area contributed by atoms with E-state index in [0.29, 0.717) is 51.2 Å². The molecule has 2 aromatic carbocycles. The third-order valence-electron chi connectivity index (χ3n) is 5.77. The zero-order valence-electron chi connectivity index (χ0n) is 22.5. The average Bonchev–Trinajstić information content (AvgIpc) is 2.97. The van der Waals surface area contributed by atoms with Gasteiger partial charge in [-0.1, -0.05) is 24.2 Å². The zero-order chi connectivity index (χ0) is 29.2. The van der Waals surface area contributed by atoms with Gasteiger partial charge in [0.25, 0.3) is 0 Å². The lowest BCUT2D eigenvalue weighted by atomic mass is 10.1. The van der Waals surface area contributed by atoms with Gasteiger partial charge in [-0.15, -0.1) is 0 Å². The summed E-state index contributed by atoms with van der Waals surface area (Å²) >= 11 is 6.49. The Hall–Kier alpha value is -4.74. The molecule has 2 aromatic heterocycles. The number of benzene rings is 2. The minimum absolute atomic E-state index is 0.247. The van der Waals surface area contributed by atoms with Gasteiger partial charge in [-0.2, -0.15) is 0 Å². The van der Waals surface area contributed by atoms with Crippen molar-refractivity contribution < 1.29 is 23.8 Å². The van der Waals surface area contributed by atoms with Gasteiger partial charge in [-0.3, -0.25) is 14.6 Å². The summed E-state index contributed by atoms with van der Waals surface area (Å²) in [6, 6.07) is 13.4. The van der Waals surface area contributed by atoms with E-state index in [4.69, 9.17) is 25.8 Å². The summed E-state index contributed by atoms with van der Waals surface area (Å²) in [5, 5.41) is 9.62. The van der Waals surface area contributed by atoms with Crippen LogP contribution in [-0.2, 0) is 20.9 Å². The van der Waals surface area contributed by atoms with Crippen molar-refractivity contribution in [2.75, 3.05) is 31.0 Å². The fraction of sp³-hybridized carbons (Fsp3) is 0.207. The number of anilines is 3. The topological polar surface area (TPSA) is 137 Å². The largest absolute Gasteiger partial charge is 0.489 e. The maximum atomic E-state index is 12.9. The van der Waals surface area contributed by atoms with Crippen molar-refractivity contribution in [3.63, 3.8) is 0 Å². The first-order valence-electron chi connectivity index (χ1n) is 12.6. The van der Waals surface area contributed by atoms with Crippen molar-refractivity contribution in [3.05, 3.63) is 84.4 Å². The van der Waals surface area contributed by atoms with Gasteiger partial charge in [0.15, 0.2) is 0 Å². The molecule has 1 atom stereocenters. The Kier molecular flexibility index (Phi) is 10.0. The number of nitrogens with one attached hydrogen (secondary N) is 3. The van der Waals surface area contributed by atoms with E-state index in [1.807, 2.05) is 24.3 Å². The molecule has 0 aliphatic rings. The second-order valence-corrected chi connectivity index (χ2v) is 9.14. The molecular formula is C29H29ClN6O5. The summed E-state index contributed by atoms with van der Waals surface area (Å²) in [6.45, 7) is 5.84. The Morgan fingerprint density at radius 2 is 1.90 bits per heavy atom. The van der Waals surface area contributed by atoms with E-state index in [9.17, 15) is 9.59 Å². The predicted molar refractivity (Wildman–Crippen MR) is 157 cm³/mol. The number of rotatable bonds is 13. The summed E-state index contributed by atoms with van der Waals surface area (Å²) in [7, 11) is 1.56. The van der Waals surface area contributed by atoms with Crippen molar-refractivity contribution in [2.45, 2.75) is 19.6 Å². The second kappa shape index (κ2) is 14.1. The van der Waals surface area contributed by atoms with Crippen LogP contribution in [0.3, 0.4) is 0 Å². The first kappa shape index (κ1) is 29.2. The van der Waals surface area contributed by atoms with Crippen molar-refractivity contribution in [1.82, 2.24) is 20.3 Å². The molecule has 3 N–H and O–H groups in total. The molecule has 0 spiro atoms. The Balaban J connectivity index is 1.58. The van der Waals surface area contributed by atoms with Crippen molar-refractivity contribution in [3.8, 4) is 11.5 Å². The predicted octanol–water partition coefficient (Wildman–Crippen LogP) is 4.66. The lowest BCUT2D eigenvalue weighted by molar-refractivity contribution is -0.123. The monoisotopic (exact) mass is 576 g/mol. The van der Waals surface area contributed by atoms with Gasteiger partial charge in [-0.05, 0) is 49.4 Å². The van der Waals surface area contributed by atoms with Crippen LogP contribution in [0, 0.1) is 0 Å². The third kappa shape index (κ3) is 7.90. The first-order chi connectivity index (χ1) is 19.9. The standard InChI is InChI=1S/C29H29ClN6O5/c1-4-27(37)34-18(2)29(38)36-24-14-21-23(15-26(24)40-12-11-39-3)32-17-33-28(21)35-19-8-9-25(22(30)13-19)41-16-20-7-5-6-10-31-20/h4-10,13-15,17-18H,1,11-12,16H2,2-3H3,(H,34,37)(H,36,38)(H,32,33,35)/t18-/m1/s1. The van der Waals surface area contributed by atoms with Gasteiger partial charge in [0.05, 0.1) is 28.5 Å². The van der Waals surface area contributed by atoms with Crippen LogP contribution in [0.25, 0.3) is 10.9 Å². The van der Waals surface area contributed by atoms with E-state index in [0.717, 1.165) is 11.8 Å². The number of methoxy groups -OCH3 is 1. The first-order valence-corrected chi connectivity index (χ1v) is 13.0. The molecule has 12 heteroatoms. The van der Waals surface area contributed by atoms with Crippen LogP contribution < -0.4 is 25.4 Å². The number of halogens is 1. The second-order valence-electron chi connectivity index (χ2n) is 8.73. The highest BCUT2D eigenvalue weighted by molar-refractivity contribution is 6.32. The number of fused-ring (bicyclic) bond motifs is 1. The normalized spacial score (nSPS) is 11.4. The van der Waals surface area contributed by atoms with E-state index >= 15 is 0 Å². The van der Waals surface area contributed by atoms with Crippen molar-refractivity contribution in [1.29, 1.82) is 0 Å². The lowest BCUT2D eigenvalue weighted by Crippen LogP contribution is -2.40. The van der Waals surface area contributed by atoms with Gasteiger partial charge in [-0.25, -0.2) is 9.97 Å². The Labute approximate surface area is 241 Å². The number of pyridine rings is 1. The van der Waals surface area contributed by atoms with Crippen LogP contribution in [0.4, 0.5) is 17.2 Å². The molecule has 0 aliphatic heterocycles. The Morgan fingerprint density at radius 3 is 2.63 bits per heavy atom. The van der Waals surface area contributed by atoms with Gasteiger partial charge < -0.3 is 30.2 Å². The van der Waals surface area contributed by atoms with Gasteiger partial charge >= 0.3 is 0 Å². The minimum atomic E-state index is -0.826. The SMILES string of the molecule is C=CC(=O)N[C@H](C)C(=O)Nc1cc2c(Nc3ccc(OCc4ccccn4)c(Cl)c3)ncnc2cc1OCCOC. The molecule has 0 saturated carbocycles. The van der Waals surface area contributed by atoms with Crippen molar-refractivity contribution in [2.24, 2.45) is 0 Å². The fourth-order valence-corrected chi connectivity index (χ4v) is 3.92.